The molecule has 2 amide bonds. The van der Waals surface area contributed by atoms with Crippen LogP contribution in [0.3, 0.4) is 0 Å². The monoisotopic (exact) mass is 394 g/mol. The zero-order valence-corrected chi connectivity index (χ0v) is 17.7. The van der Waals surface area contributed by atoms with Crippen molar-refractivity contribution >= 4 is 17.8 Å². The zero-order valence-electron chi connectivity index (χ0n) is 17.7. The number of nitrogens with zero attached hydrogens (tertiary/aromatic N) is 2. The summed E-state index contributed by atoms with van der Waals surface area (Å²) < 4.78 is 5.56. The molecule has 2 aliphatic heterocycles. The van der Waals surface area contributed by atoms with Crippen molar-refractivity contribution < 1.29 is 24.2 Å². The van der Waals surface area contributed by atoms with Gasteiger partial charge >= 0.3 is 6.09 Å². The van der Waals surface area contributed by atoms with Crippen LogP contribution < -0.4 is 0 Å². The van der Waals surface area contributed by atoms with Crippen LogP contribution in [0.2, 0.25) is 0 Å². The van der Waals surface area contributed by atoms with Crippen LogP contribution in [0.1, 0.15) is 73.1 Å². The molecule has 0 aromatic carbocycles. The van der Waals surface area contributed by atoms with E-state index in [0.717, 1.165) is 19.3 Å². The van der Waals surface area contributed by atoms with E-state index in [1.165, 1.54) is 4.90 Å². The molecule has 7 heteroatoms. The molecule has 3 fully saturated rings. The summed E-state index contributed by atoms with van der Waals surface area (Å²) in [5, 5.41) is 9.86. The molecule has 28 heavy (non-hydrogen) atoms. The van der Waals surface area contributed by atoms with Crippen LogP contribution >= 0.6 is 0 Å². The van der Waals surface area contributed by atoms with Crippen molar-refractivity contribution in [1.82, 2.24) is 9.80 Å². The lowest BCUT2D eigenvalue weighted by molar-refractivity contribution is -0.181. The van der Waals surface area contributed by atoms with Gasteiger partial charge in [0.1, 0.15) is 17.2 Å². The number of aliphatic hydroxyl groups is 1. The number of carbonyl (C=O) groups excluding carboxylic acids is 3. The Hall–Kier alpha value is -1.63. The Labute approximate surface area is 167 Å². The maximum absolute atomic E-state index is 13.3. The number of ketones is 1. The Morgan fingerprint density at radius 3 is 2.36 bits per heavy atom. The van der Waals surface area contributed by atoms with E-state index in [1.807, 2.05) is 13.8 Å². The first-order valence-corrected chi connectivity index (χ1v) is 10.5. The molecule has 3 aliphatic rings. The normalized spacial score (nSPS) is 31.6. The fraction of sp³-hybridized carbons (Fsp3) is 0.857. The van der Waals surface area contributed by atoms with Gasteiger partial charge in [-0.3, -0.25) is 14.5 Å². The molecule has 3 rings (SSSR count). The van der Waals surface area contributed by atoms with Gasteiger partial charge in [-0.25, -0.2) is 4.79 Å². The highest BCUT2D eigenvalue weighted by Gasteiger charge is 2.68. The van der Waals surface area contributed by atoms with Crippen molar-refractivity contribution in [3.8, 4) is 0 Å². The molecular weight excluding hydrogens is 360 g/mol. The van der Waals surface area contributed by atoms with Gasteiger partial charge in [-0.15, -0.1) is 0 Å². The largest absolute Gasteiger partial charge is 0.444 e. The summed E-state index contributed by atoms with van der Waals surface area (Å²) in [6.07, 6.45) is 4.43. The van der Waals surface area contributed by atoms with Gasteiger partial charge in [0.05, 0.1) is 12.6 Å². The average Bonchev–Trinajstić information content (AvgIpc) is 2.93. The summed E-state index contributed by atoms with van der Waals surface area (Å²) in [6.45, 7) is 8.83. The number of likely N-dealkylation sites (tertiary alicyclic amines) is 2. The molecule has 1 N–H and O–H groups in total. The second-order valence-electron chi connectivity index (χ2n) is 9.72. The van der Waals surface area contributed by atoms with E-state index in [4.69, 9.17) is 4.74 Å². The van der Waals surface area contributed by atoms with E-state index in [-0.39, 0.29) is 30.4 Å². The van der Waals surface area contributed by atoms with Crippen LogP contribution in [-0.2, 0) is 14.3 Å². The van der Waals surface area contributed by atoms with E-state index < -0.39 is 23.3 Å². The SMILES string of the molecule is CC1CCC2(C(=O)N([C@@H](CO)C(=O)CC3CCC3)C2C)N1C(=O)OC(C)(C)C. The number of amides is 2. The molecule has 1 aliphatic carbocycles. The van der Waals surface area contributed by atoms with Crippen LogP contribution in [0.15, 0.2) is 0 Å². The molecule has 0 radical (unpaired) electrons. The Bertz CT molecular complexity index is 654. The van der Waals surface area contributed by atoms with Gasteiger partial charge < -0.3 is 14.7 Å². The van der Waals surface area contributed by atoms with Gasteiger partial charge in [0.2, 0.25) is 0 Å². The lowest BCUT2D eigenvalue weighted by Gasteiger charge is -2.58. The van der Waals surface area contributed by atoms with E-state index in [2.05, 4.69) is 0 Å². The zero-order chi connectivity index (χ0) is 20.9. The number of Topliss-reactive ketones (excluding diaryl/α,β-unsaturated/α-hetero) is 1. The maximum Gasteiger partial charge on any atom is 0.411 e. The predicted octanol–water partition coefficient (Wildman–Crippen LogP) is 2.50. The van der Waals surface area contributed by atoms with Crippen molar-refractivity contribution in [1.29, 1.82) is 0 Å². The molecule has 2 saturated heterocycles. The van der Waals surface area contributed by atoms with Crippen LogP contribution in [0.4, 0.5) is 4.79 Å². The van der Waals surface area contributed by atoms with Crippen molar-refractivity contribution in [2.75, 3.05) is 6.61 Å². The van der Waals surface area contributed by atoms with Gasteiger partial charge in [-0.2, -0.15) is 0 Å². The van der Waals surface area contributed by atoms with Crippen molar-refractivity contribution in [3.05, 3.63) is 0 Å². The highest BCUT2D eigenvalue weighted by atomic mass is 16.6. The van der Waals surface area contributed by atoms with Gasteiger partial charge in [-0.1, -0.05) is 19.3 Å². The van der Waals surface area contributed by atoms with Crippen molar-refractivity contribution in [2.45, 2.75) is 102 Å². The van der Waals surface area contributed by atoms with Crippen LogP contribution in [0, 0.1) is 5.92 Å². The van der Waals surface area contributed by atoms with Crippen LogP contribution in [0.5, 0.6) is 0 Å². The van der Waals surface area contributed by atoms with Gasteiger partial charge in [-0.05, 0) is 53.4 Å². The summed E-state index contributed by atoms with van der Waals surface area (Å²) in [7, 11) is 0. The topological polar surface area (TPSA) is 87.2 Å². The molecule has 4 atom stereocenters. The maximum atomic E-state index is 13.3. The third kappa shape index (κ3) is 3.31. The Morgan fingerprint density at radius 2 is 1.89 bits per heavy atom. The second kappa shape index (κ2) is 7.32. The molecular formula is C21H34N2O5. The van der Waals surface area contributed by atoms with Crippen molar-refractivity contribution in [2.24, 2.45) is 5.92 Å². The molecule has 0 bridgehead atoms. The number of rotatable bonds is 5. The quantitative estimate of drug-likeness (QED) is 0.724. The Morgan fingerprint density at radius 1 is 1.25 bits per heavy atom. The van der Waals surface area contributed by atoms with Crippen LogP contribution in [-0.4, -0.2) is 68.6 Å². The molecule has 0 aromatic rings. The summed E-state index contributed by atoms with van der Waals surface area (Å²) >= 11 is 0. The van der Waals surface area contributed by atoms with E-state index in [9.17, 15) is 19.5 Å². The third-order valence-corrected chi connectivity index (χ3v) is 6.71. The highest BCUT2D eigenvalue weighted by molar-refractivity contribution is 6.01. The smallest absolute Gasteiger partial charge is 0.411 e. The highest BCUT2D eigenvalue weighted by Crippen LogP contribution is 2.48. The molecule has 158 valence electrons. The second-order valence-corrected chi connectivity index (χ2v) is 9.72. The standard InChI is InChI=1S/C21H34N2O5/c1-13-9-10-21(23(13)19(27)28-20(3,4)5)14(2)22(18(21)26)16(12-24)17(25)11-15-7-6-8-15/h13-16,24H,6-12H2,1-5H3/t13?,14?,16-,21?/m0/s1. The summed E-state index contributed by atoms with van der Waals surface area (Å²) in [5.41, 5.74) is -1.62. The first-order valence-electron chi connectivity index (χ1n) is 10.5. The lowest BCUT2D eigenvalue weighted by atomic mass is 9.74. The third-order valence-electron chi connectivity index (χ3n) is 6.71. The fourth-order valence-electron chi connectivity index (χ4n) is 4.96. The minimum Gasteiger partial charge on any atom is -0.444 e. The summed E-state index contributed by atoms with van der Waals surface area (Å²) in [5.74, 6) is 0.0697. The minimum atomic E-state index is -0.966. The van der Waals surface area contributed by atoms with E-state index in [1.54, 1.807) is 25.7 Å². The number of ether oxygens (including phenoxy) is 1. The summed E-state index contributed by atoms with van der Waals surface area (Å²) in [6, 6.07) is -1.26. The molecule has 1 saturated carbocycles. The van der Waals surface area contributed by atoms with Crippen LogP contribution in [0.25, 0.3) is 0 Å². The number of hydrogen-bond donors (Lipinski definition) is 1. The number of β-lactam (4-membered cyclic amide) rings is 1. The first-order chi connectivity index (χ1) is 13.0. The molecule has 1 spiro atoms. The predicted molar refractivity (Wildman–Crippen MR) is 104 cm³/mol. The van der Waals surface area contributed by atoms with E-state index >= 15 is 0 Å². The minimum absolute atomic E-state index is 0.0721. The number of hydrogen-bond acceptors (Lipinski definition) is 5. The van der Waals surface area contributed by atoms with E-state index in [0.29, 0.717) is 25.2 Å². The Balaban J connectivity index is 1.78. The fourth-order valence-corrected chi connectivity index (χ4v) is 4.96. The van der Waals surface area contributed by atoms with Gasteiger partial charge in [0, 0.05) is 12.5 Å². The molecule has 0 aromatic heterocycles. The van der Waals surface area contributed by atoms with Crippen molar-refractivity contribution in [3.63, 3.8) is 0 Å². The Kier molecular flexibility index (Phi) is 5.51. The first kappa shape index (κ1) is 21.1. The van der Waals surface area contributed by atoms with Gasteiger partial charge in [0.25, 0.3) is 5.91 Å². The molecule has 2 heterocycles. The number of carbonyl (C=O) groups is 3. The lowest BCUT2D eigenvalue weighted by Crippen LogP contribution is -2.81. The molecule has 3 unspecified atom stereocenters. The molecule has 7 nitrogen and oxygen atoms in total. The van der Waals surface area contributed by atoms with Gasteiger partial charge in [0.15, 0.2) is 5.78 Å². The summed E-state index contributed by atoms with van der Waals surface area (Å²) in [4.78, 5) is 42.0. The average molecular weight is 395 g/mol. The number of aliphatic hydroxyl groups excluding tert-OH is 1.